The second kappa shape index (κ2) is 9.97. The lowest BCUT2D eigenvalue weighted by Gasteiger charge is -2.19. The summed E-state index contributed by atoms with van der Waals surface area (Å²) in [7, 11) is -9.24. The predicted octanol–water partition coefficient (Wildman–Crippen LogP) is 2.11. The zero-order valence-corrected chi connectivity index (χ0v) is 22.9. The topological polar surface area (TPSA) is 205 Å². The lowest BCUT2D eigenvalue weighted by molar-refractivity contribution is -0.0331. The highest BCUT2D eigenvalue weighted by Crippen LogP contribution is 2.52. The van der Waals surface area contributed by atoms with Crippen molar-refractivity contribution >= 4 is 59.7 Å². The van der Waals surface area contributed by atoms with Crippen LogP contribution in [0.15, 0.2) is 54.9 Å². The Balaban J connectivity index is 1.38. The Bertz CT molecular complexity index is 1800. The molecule has 14 nitrogen and oxygen atoms in total. The van der Waals surface area contributed by atoms with Crippen LogP contribution in [0.1, 0.15) is 6.23 Å². The Kier molecular flexibility index (Phi) is 6.83. The van der Waals surface area contributed by atoms with Gasteiger partial charge in [0.15, 0.2) is 23.2 Å². The summed E-state index contributed by atoms with van der Waals surface area (Å²) in [4.78, 5) is 41.2. The van der Waals surface area contributed by atoms with Gasteiger partial charge in [-0.3, -0.25) is 18.3 Å². The fourth-order valence-electron chi connectivity index (χ4n) is 5.03. The number of rotatable bonds is 7. The Labute approximate surface area is 230 Å². The third kappa shape index (κ3) is 4.86. The van der Waals surface area contributed by atoms with E-state index in [9.17, 15) is 24.2 Å². The third-order valence-corrected chi connectivity index (χ3v) is 10.5. The average molecular weight is 609 g/mol. The summed E-state index contributed by atoms with van der Waals surface area (Å²) in [6.07, 6.45) is -4.09. The minimum atomic E-state index is -4.79. The second-order valence-corrected chi connectivity index (χ2v) is 13.9. The van der Waals surface area contributed by atoms with Crippen molar-refractivity contribution in [2.24, 2.45) is 0 Å². The van der Waals surface area contributed by atoms with Crippen molar-refractivity contribution in [3.05, 3.63) is 60.1 Å². The van der Waals surface area contributed by atoms with E-state index >= 15 is 0 Å². The minimum Gasteiger partial charge on any atom is -0.387 e. The van der Waals surface area contributed by atoms with Gasteiger partial charge in [0.25, 0.3) is 7.52 Å². The van der Waals surface area contributed by atoms with Crippen LogP contribution in [-0.4, -0.2) is 79.7 Å². The Morgan fingerprint density at radius 1 is 0.950 bits per heavy atom. The van der Waals surface area contributed by atoms with Gasteiger partial charge in [0.2, 0.25) is 5.28 Å². The minimum absolute atomic E-state index is 0.101. The molecule has 0 radical (unpaired) electrons. The average Bonchev–Trinajstić information content (AvgIpc) is 3.53. The van der Waals surface area contributed by atoms with Crippen molar-refractivity contribution in [1.82, 2.24) is 29.2 Å². The SMILES string of the molecule is O=P(O)(O)CP(=O)(O)NCC1OC(n2cnc3c(-n4c5ccccc5c5ccccc54)nc(Cl)nc32)C(O)C1O. The molecule has 4 heterocycles. The van der Waals surface area contributed by atoms with E-state index in [4.69, 9.17) is 26.1 Å². The van der Waals surface area contributed by atoms with Gasteiger partial charge in [0.1, 0.15) is 24.2 Å². The number of nitrogens with zero attached hydrogens (tertiary/aromatic N) is 5. The Morgan fingerprint density at radius 3 is 2.20 bits per heavy atom. The number of aromatic nitrogens is 5. The standard InChI is InChI=1S/C23H23ClN6O8P2/c24-23-27-20-17(21(28-23)30-14-7-3-1-5-12(14)13-6-2-4-8-15(13)30)25-10-29(20)22-19(32)18(31)16(38-22)9-26-39(33,34)11-40(35,36)37/h1-8,10,16,18-19,22,31-32H,9,11H2,(H2,26,33,34)(H2,35,36,37). The van der Waals surface area contributed by atoms with Crippen molar-refractivity contribution in [3.63, 3.8) is 0 Å². The maximum Gasteiger partial charge on any atom is 0.336 e. The summed E-state index contributed by atoms with van der Waals surface area (Å²) >= 11 is 6.36. The first-order valence-corrected chi connectivity index (χ1v) is 16.0. The molecule has 0 saturated carbocycles. The third-order valence-electron chi connectivity index (χ3n) is 6.69. The van der Waals surface area contributed by atoms with Gasteiger partial charge in [0, 0.05) is 17.3 Å². The number of benzene rings is 2. The number of aliphatic hydroxyl groups excluding tert-OH is 2. The van der Waals surface area contributed by atoms with Crippen molar-refractivity contribution in [1.29, 1.82) is 0 Å². The number of hydrogen-bond acceptors (Lipinski definition) is 8. The van der Waals surface area contributed by atoms with E-state index in [2.05, 4.69) is 20.0 Å². The van der Waals surface area contributed by atoms with E-state index < -0.39 is 52.1 Å². The zero-order valence-electron chi connectivity index (χ0n) is 20.4. The van der Waals surface area contributed by atoms with Crippen LogP contribution in [0.2, 0.25) is 5.28 Å². The normalized spacial score (nSPS) is 23.4. The van der Waals surface area contributed by atoms with Crippen LogP contribution < -0.4 is 5.09 Å². The first-order valence-electron chi connectivity index (χ1n) is 12.0. The quantitative estimate of drug-likeness (QED) is 0.116. The lowest BCUT2D eigenvalue weighted by Crippen LogP contribution is -2.37. The molecule has 3 aromatic heterocycles. The summed E-state index contributed by atoms with van der Waals surface area (Å²) in [5.74, 6) is -0.905. The predicted molar refractivity (Wildman–Crippen MR) is 145 cm³/mol. The molecule has 0 amide bonds. The monoisotopic (exact) mass is 608 g/mol. The number of imidazole rings is 1. The van der Waals surface area contributed by atoms with Crippen LogP contribution in [0, 0.1) is 0 Å². The van der Waals surface area contributed by atoms with Crippen molar-refractivity contribution in [2.45, 2.75) is 24.5 Å². The van der Waals surface area contributed by atoms with Gasteiger partial charge in [-0.2, -0.15) is 9.97 Å². The summed E-state index contributed by atoms with van der Waals surface area (Å²) in [5, 5.41) is 25.4. The van der Waals surface area contributed by atoms with E-state index in [1.165, 1.54) is 10.9 Å². The van der Waals surface area contributed by atoms with Gasteiger partial charge in [0.05, 0.1) is 17.4 Å². The molecule has 6 N–H and O–H groups in total. The fourth-order valence-corrected chi connectivity index (χ4v) is 8.05. The lowest BCUT2D eigenvalue weighted by atomic mass is 10.1. The molecule has 1 saturated heterocycles. The highest BCUT2D eigenvalue weighted by Gasteiger charge is 2.45. The number of aliphatic hydroxyl groups is 2. The molecule has 2 aromatic carbocycles. The number of halogens is 1. The van der Waals surface area contributed by atoms with Gasteiger partial charge in [-0.25, -0.2) is 10.1 Å². The van der Waals surface area contributed by atoms with Gasteiger partial charge in [-0.1, -0.05) is 36.4 Å². The van der Waals surface area contributed by atoms with Gasteiger partial charge in [-0.05, 0) is 23.7 Å². The summed E-state index contributed by atoms with van der Waals surface area (Å²) in [6, 6.07) is 15.6. The summed E-state index contributed by atoms with van der Waals surface area (Å²) in [6.45, 7) is -0.475. The van der Waals surface area contributed by atoms with Gasteiger partial charge >= 0.3 is 7.60 Å². The number of nitrogens with one attached hydrogen (secondary N) is 1. The molecule has 6 rings (SSSR count). The molecule has 1 aliphatic rings. The molecule has 0 aliphatic carbocycles. The number of para-hydroxylation sites is 2. The van der Waals surface area contributed by atoms with Crippen molar-refractivity contribution in [2.75, 3.05) is 12.4 Å². The molecular formula is C23H23ClN6O8P2. The molecule has 1 fully saturated rings. The largest absolute Gasteiger partial charge is 0.387 e. The number of fused-ring (bicyclic) bond motifs is 4. The molecular weight excluding hydrogens is 586 g/mol. The summed E-state index contributed by atoms with van der Waals surface area (Å²) < 4.78 is 32.4. The maximum absolute atomic E-state index is 12.1. The second-order valence-electron chi connectivity index (χ2n) is 9.43. The van der Waals surface area contributed by atoms with E-state index in [0.29, 0.717) is 11.3 Å². The Hall–Kier alpha value is -2.74. The van der Waals surface area contributed by atoms with Crippen LogP contribution in [0.3, 0.4) is 0 Å². The number of hydrogen-bond donors (Lipinski definition) is 6. The first kappa shape index (κ1) is 27.4. The first-order chi connectivity index (χ1) is 18.9. The van der Waals surface area contributed by atoms with Crippen LogP contribution in [-0.2, 0) is 13.9 Å². The Morgan fingerprint density at radius 2 is 1.57 bits per heavy atom. The molecule has 17 heteroatoms. The van der Waals surface area contributed by atoms with Crippen LogP contribution in [0.4, 0.5) is 0 Å². The van der Waals surface area contributed by atoms with E-state index in [1.807, 2.05) is 53.1 Å². The maximum atomic E-state index is 12.1. The highest BCUT2D eigenvalue weighted by molar-refractivity contribution is 7.71. The van der Waals surface area contributed by atoms with E-state index in [1.54, 1.807) is 0 Å². The van der Waals surface area contributed by atoms with Crippen molar-refractivity contribution < 1.29 is 38.8 Å². The van der Waals surface area contributed by atoms with Crippen LogP contribution >= 0.6 is 26.7 Å². The van der Waals surface area contributed by atoms with Gasteiger partial charge in [-0.15, -0.1) is 0 Å². The van der Waals surface area contributed by atoms with Crippen molar-refractivity contribution in [3.8, 4) is 5.82 Å². The van der Waals surface area contributed by atoms with Crippen LogP contribution in [0.5, 0.6) is 0 Å². The molecule has 1 aliphatic heterocycles. The molecule has 5 atom stereocenters. The molecule has 5 aromatic rings. The fraction of sp³-hybridized carbons (Fsp3) is 0.261. The smallest absolute Gasteiger partial charge is 0.336 e. The molecule has 210 valence electrons. The molecule has 0 bridgehead atoms. The molecule has 0 spiro atoms. The van der Waals surface area contributed by atoms with E-state index in [0.717, 1.165) is 21.8 Å². The summed E-state index contributed by atoms with van der Waals surface area (Å²) in [5.41, 5.74) is 2.26. The van der Waals surface area contributed by atoms with Gasteiger partial charge < -0.3 is 29.6 Å². The van der Waals surface area contributed by atoms with Crippen LogP contribution in [0.25, 0.3) is 38.8 Å². The molecule has 5 unspecified atom stereocenters. The van der Waals surface area contributed by atoms with E-state index in [-0.39, 0.29) is 10.9 Å². The molecule has 40 heavy (non-hydrogen) atoms. The number of ether oxygens (including phenoxy) is 1. The highest BCUT2D eigenvalue weighted by atomic mass is 35.5. The zero-order chi connectivity index (χ0) is 28.4.